The molecule has 0 aliphatic heterocycles. The fraction of sp³-hybridized carbons (Fsp3) is 1.00. The van der Waals surface area contributed by atoms with E-state index in [1.807, 2.05) is 0 Å². The van der Waals surface area contributed by atoms with Gasteiger partial charge >= 0.3 is 0 Å². The molecule has 0 heterocycles. The Balaban J connectivity index is 0. The van der Waals surface area contributed by atoms with E-state index in [1.54, 1.807) is 0 Å². The molecule has 0 saturated heterocycles. The van der Waals surface area contributed by atoms with E-state index in [2.05, 4.69) is 36.8 Å². The average molecular weight is 378 g/mol. The summed E-state index contributed by atoms with van der Waals surface area (Å²) in [5, 5.41) is 1.14. The van der Waals surface area contributed by atoms with Gasteiger partial charge in [0.25, 0.3) is 0 Å². The Morgan fingerprint density at radius 3 is 1.64 bits per heavy atom. The molecule has 14 heavy (non-hydrogen) atoms. The first kappa shape index (κ1) is 17.6. The van der Waals surface area contributed by atoms with Gasteiger partial charge in [-0.3, -0.25) is 0 Å². The third kappa shape index (κ3) is 8.48. The number of hydrogen-bond acceptors (Lipinski definition) is 0. The lowest BCUT2D eigenvalue weighted by Gasteiger charge is -2.34. The number of alkyl halides is 1. The summed E-state index contributed by atoms with van der Waals surface area (Å²) in [6, 6.07) is 0. The van der Waals surface area contributed by atoms with Crippen LogP contribution in [-0.4, -0.2) is 36.5 Å². The van der Waals surface area contributed by atoms with Crippen LogP contribution in [0.2, 0.25) is 0 Å². The summed E-state index contributed by atoms with van der Waals surface area (Å²) in [7, 11) is 2.40. The van der Waals surface area contributed by atoms with Crippen LogP contribution in [0.25, 0.3) is 0 Å². The third-order valence-corrected chi connectivity index (χ3v) is 3.08. The second-order valence-electron chi connectivity index (χ2n) is 4.19. The fourth-order valence-corrected chi connectivity index (χ4v) is 2.48. The maximum Gasteiger partial charge on any atom is 0.0883 e. The third-order valence-electron chi connectivity index (χ3n) is 2.73. The van der Waals surface area contributed by atoms with E-state index in [1.165, 1.54) is 49.8 Å². The molecule has 0 amide bonds. The molecule has 0 unspecified atom stereocenters. The van der Waals surface area contributed by atoms with E-state index in [9.17, 15) is 0 Å². The monoisotopic (exact) mass is 377 g/mol. The van der Waals surface area contributed by atoms with Crippen LogP contribution in [-0.2, 0) is 0 Å². The first-order valence-electron chi connectivity index (χ1n) is 5.58. The molecule has 0 saturated carbocycles. The summed E-state index contributed by atoms with van der Waals surface area (Å²) in [6.45, 7) is 8.53. The van der Waals surface area contributed by atoms with Crippen molar-refractivity contribution in [1.29, 1.82) is 0 Å². The lowest BCUT2D eigenvalue weighted by Crippen LogP contribution is -3.00. The molecule has 0 atom stereocenters. The van der Waals surface area contributed by atoms with Crippen molar-refractivity contribution in [3.8, 4) is 0 Å². The molecule has 0 aliphatic rings. The average Bonchev–Trinajstić information content (AvgIpc) is 2.12. The van der Waals surface area contributed by atoms with Gasteiger partial charge in [-0.2, -0.15) is 0 Å². The van der Waals surface area contributed by atoms with Gasteiger partial charge in [-0.1, -0.05) is 42.6 Å². The van der Waals surface area contributed by atoms with Crippen LogP contribution in [0.5, 0.6) is 0 Å². The first-order chi connectivity index (χ1) is 6.18. The zero-order valence-corrected chi connectivity index (χ0v) is 13.6. The number of unbranched alkanes of at least 4 members (excludes halogenated alkanes) is 2. The lowest BCUT2D eigenvalue weighted by atomic mass is 10.2. The van der Waals surface area contributed by atoms with E-state index < -0.39 is 0 Å². The minimum Gasteiger partial charge on any atom is -1.00 e. The van der Waals surface area contributed by atoms with Crippen molar-refractivity contribution in [3.63, 3.8) is 0 Å². The Morgan fingerprint density at radius 1 is 0.929 bits per heavy atom. The van der Waals surface area contributed by atoms with Gasteiger partial charge in [0, 0.05) is 0 Å². The first-order valence-corrected chi connectivity index (χ1v) is 6.70. The molecule has 88 valence electrons. The molecule has 0 aromatic heterocycles. The lowest BCUT2D eigenvalue weighted by molar-refractivity contribution is -0.907. The largest absolute Gasteiger partial charge is 1.00 e. The van der Waals surface area contributed by atoms with Crippen LogP contribution in [0, 0.1) is 0 Å². The van der Waals surface area contributed by atoms with Gasteiger partial charge in [0.2, 0.25) is 0 Å². The van der Waals surface area contributed by atoms with Gasteiger partial charge in [0.1, 0.15) is 0 Å². The van der Waals surface area contributed by atoms with Gasteiger partial charge in [-0.15, -0.1) is 0 Å². The highest BCUT2D eigenvalue weighted by Gasteiger charge is 2.18. The standard InChI is InChI=1S/C11H25BrN.HI/c1-4-6-9-13(3,11-8-12)10-7-5-2;/h4-11H2,1-3H3;1H/q+1;/p-1. The number of halogens is 2. The van der Waals surface area contributed by atoms with Crippen LogP contribution in [0.3, 0.4) is 0 Å². The van der Waals surface area contributed by atoms with E-state index in [4.69, 9.17) is 0 Å². The molecule has 0 spiro atoms. The Hall–Kier alpha value is 1.17. The van der Waals surface area contributed by atoms with Crippen LogP contribution < -0.4 is 24.0 Å². The molecule has 0 bridgehead atoms. The SMILES string of the molecule is CCCC[N+](C)(CCBr)CCCC.[I-]. The molecule has 1 nitrogen and oxygen atoms in total. The highest BCUT2D eigenvalue weighted by molar-refractivity contribution is 9.09. The fourth-order valence-electron chi connectivity index (χ4n) is 1.62. The second-order valence-corrected chi connectivity index (χ2v) is 4.98. The highest BCUT2D eigenvalue weighted by Crippen LogP contribution is 2.09. The number of rotatable bonds is 8. The Labute approximate surface area is 115 Å². The van der Waals surface area contributed by atoms with Crippen molar-refractivity contribution in [2.24, 2.45) is 0 Å². The molecule has 0 aliphatic carbocycles. The maximum atomic E-state index is 3.55. The molecular weight excluding hydrogens is 353 g/mol. The summed E-state index contributed by atoms with van der Waals surface area (Å²) in [5.74, 6) is 0. The number of hydrogen-bond donors (Lipinski definition) is 0. The molecule has 3 heteroatoms. The molecule has 0 aromatic rings. The predicted octanol–water partition coefficient (Wildman–Crippen LogP) is 0.432. The molecular formula is C11H25BrIN. The summed E-state index contributed by atoms with van der Waals surface area (Å²) in [4.78, 5) is 0. The van der Waals surface area contributed by atoms with Crippen molar-refractivity contribution in [3.05, 3.63) is 0 Å². The maximum absolute atomic E-state index is 3.55. The Bertz CT molecular complexity index is 112. The number of quaternary nitrogens is 1. The van der Waals surface area contributed by atoms with Crippen LogP contribution >= 0.6 is 15.9 Å². The Morgan fingerprint density at radius 2 is 1.36 bits per heavy atom. The van der Waals surface area contributed by atoms with E-state index in [0.717, 1.165) is 5.33 Å². The summed E-state index contributed by atoms with van der Waals surface area (Å²) in [6.07, 6.45) is 5.38. The van der Waals surface area contributed by atoms with Crippen molar-refractivity contribution in [1.82, 2.24) is 0 Å². The minimum absolute atomic E-state index is 0. The summed E-state index contributed by atoms with van der Waals surface area (Å²) in [5.41, 5.74) is 0. The predicted molar refractivity (Wildman–Crippen MR) is 64.4 cm³/mol. The van der Waals surface area contributed by atoms with Crippen LogP contribution in [0.15, 0.2) is 0 Å². The summed E-state index contributed by atoms with van der Waals surface area (Å²) < 4.78 is 1.26. The van der Waals surface area contributed by atoms with Crippen molar-refractivity contribution in [2.75, 3.05) is 32.0 Å². The highest BCUT2D eigenvalue weighted by atomic mass is 127. The Kier molecular flexibility index (Phi) is 13.4. The molecule has 0 radical (unpaired) electrons. The van der Waals surface area contributed by atoms with E-state index >= 15 is 0 Å². The van der Waals surface area contributed by atoms with Gasteiger partial charge < -0.3 is 28.5 Å². The van der Waals surface area contributed by atoms with Gasteiger partial charge in [0.15, 0.2) is 0 Å². The van der Waals surface area contributed by atoms with Gasteiger partial charge in [0.05, 0.1) is 32.0 Å². The quantitative estimate of drug-likeness (QED) is 0.327. The molecule has 0 aromatic carbocycles. The van der Waals surface area contributed by atoms with E-state index in [-0.39, 0.29) is 24.0 Å². The van der Waals surface area contributed by atoms with Gasteiger partial charge in [-0.25, -0.2) is 0 Å². The van der Waals surface area contributed by atoms with Crippen LogP contribution in [0.4, 0.5) is 0 Å². The zero-order chi connectivity index (χ0) is 10.2. The second kappa shape index (κ2) is 10.7. The summed E-state index contributed by atoms with van der Waals surface area (Å²) >= 11 is 3.55. The van der Waals surface area contributed by atoms with Crippen molar-refractivity contribution in [2.45, 2.75) is 39.5 Å². The molecule has 0 N–H and O–H groups in total. The van der Waals surface area contributed by atoms with Crippen molar-refractivity contribution < 1.29 is 28.5 Å². The van der Waals surface area contributed by atoms with Crippen LogP contribution in [0.1, 0.15) is 39.5 Å². The molecule has 0 fully saturated rings. The smallest absolute Gasteiger partial charge is 0.0883 e. The van der Waals surface area contributed by atoms with E-state index in [0.29, 0.717) is 0 Å². The normalized spacial score (nSPS) is 11.1. The number of nitrogens with zero attached hydrogens (tertiary/aromatic N) is 1. The van der Waals surface area contributed by atoms with Crippen molar-refractivity contribution >= 4 is 15.9 Å². The molecule has 0 rings (SSSR count). The van der Waals surface area contributed by atoms with Gasteiger partial charge in [-0.05, 0) is 12.8 Å². The zero-order valence-electron chi connectivity index (χ0n) is 9.86. The minimum atomic E-state index is 0. The topological polar surface area (TPSA) is 0 Å².